The Kier molecular flexibility index (Phi) is 1.98. The summed E-state index contributed by atoms with van der Waals surface area (Å²) in [5.41, 5.74) is 0.566. The van der Waals surface area contributed by atoms with E-state index in [1.54, 1.807) is 0 Å². The Bertz CT molecular complexity index is 390. The van der Waals surface area contributed by atoms with Gasteiger partial charge in [0.15, 0.2) is 11.6 Å². The zero-order valence-corrected chi connectivity index (χ0v) is 7.21. The van der Waals surface area contributed by atoms with E-state index in [9.17, 15) is 13.6 Å². The topological polar surface area (TPSA) is 37.3 Å². The molecule has 1 aliphatic rings. The lowest BCUT2D eigenvalue weighted by Gasteiger charge is -1.99. The van der Waals surface area contributed by atoms with E-state index in [-0.39, 0.29) is 5.92 Å². The molecule has 0 radical (unpaired) electrons. The quantitative estimate of drug-likeness (QED) is 0.790. The maximum absolute atomic E-state index is 12.8. The van der Waals surface area contributed by atoms with Gasteiger partial charge in [0, 0.05) is 0 Å². The molecule has 2 nitrogen and oxygen atoms in total. The van der Waals surface area contributed by atoms with Gasteiger partial charge >= 0.3 is 5.97 Å². The monoisotopic (exact) mass is 198 g/mol. The molecule has 14 heavy (non-hydrogen) atoms. The highest BCUT2D eigenvalue weighted by molar-refractivity contribution is 5.75. The summed E-state index contributed by atoms with van der Waals surface area (Å²) in [6, 6.07) is 3.54. The Morgan fingerprint density at radius 2 is 2.07 bits per heavy atom. The first-order valence-electron chi connectivity index (χ1n) is 4.27. The Labute approximate surface area is 79.2 Å². The van der Waals surface area contributed by atoms with Crippen LogP contribution in [0.5, 0.6) is 0 Å². The molecule has 1 saturated carbocycles. The lowest BCUT2D eigenvalue weighted by molar-refractivity contribution is -0.138. The summed E-state index contributed by atoms with van der Waals surface area (Å²) >= 11 is 0. The van der Waals surface area contributed by atoms with Crippen molar-refractivity contribution in [2.45, 2.75) is 12.3 Å². The standard InChI is InChI=1S/C10H8F2O2/c11-8-2-1-5(3-9(8)12)6-4-7(6)10(13)14/h1-3,6-7H,4H2,(H,13,14). The normalized spacial score (nSPS) is 24.7. The van der Waals surface area contributed by atoms with Gasteiger partial charge in [0.1, 0.15) is 0 Å². The van der Waals surface area contributed by atoms with Crippen molar-refractivity contribution >= 4 is 5.97 Å². The van der Waals surface area contributed by atoms with Crippen molar-refractivity contribution in [2.75, 3.05) is 0 Å². The molecule has 74 valence electrons. The van der Waals surface area contributed by atoms with Crippen molar-refractivity contribution in [2.24, 2.45) is 5.92 Å². The fraction of sp³-hybridized carbons (Fsp3) is 0.300. The van der Waals surface area contributed by atoms with Crippen LogP contribution in [0.25, 0.3) is 0 Å². The molecule has 0 bridgehead atoms. The van der Waals surface area contributed by atoms with Crippen molar-refractivity contribution in [3.05, 3.63) is 35.4 Å². The average Bonchev–Trinajstić information content (AvgIpc) is 2.89. The van der Waals surface area contributed by atoms with Gasteiger partial charge in [0.05, 0.1) is 5.92 Å². The molecular weight excluding hydrogens is 190 g/mol. The van der Waals surface area contributed by atoms with E-state index in [1.807, 2.05) is 0 Å². The van der Waals surface area contributed by atoms with Gasteiger partial charge in [-0.1, -0.05) is 6.07 Å². The summed E-state index contributed by atoms with van der Waals surface area (Å²) in [4.78, 5) is 10.5. The van der Waals surface area contributed by atoms with Crippen LogP contribution in [0, 0.1) is 17.6 Å². The van der Waals surface area contributed by atoms with Crippen LogP contribution in [-0.2, 0) is 4.79 Å². The lowest BCUT2D eigenvalue weighted by Crippen LogP contribution is -1.99. The number of hydrogen-bond donors (Lipinski definition) is 1. The van der Waals surface area contributed by atoms with E-state index in [1.165, 1.54) is 6.07 Å². The van der Waals surface area contributed by atoms with Gasteiger partial charge in [-0.3, -0.25) is 4.79 Å². The Morgan fingerprint density at radius 1 is 1.36 bits per heavy atom. The number of carboxylic acids is 1. The van der Waals surface area contributed by atoms with Gasteiger partial charge in [0.25, 0.3) is 0 Å². The van der Waals surface area contributed by atoms with Gasteiger partial charge in [-0.05, 0) is 30.0 Å². The Balaban J connectivity index is 2.20. The molecule has 4 heteroatoms. The van der Waals surface area contributed by atoms with Gasteiger partial charge in [-0.2, -0.15) is 0 Å². The summed E-state index contributed by atoms with van der Waals surface area (Å²) in [6.07, 6.45) is 0.514. The zero-order chi connectivity index (χ0) is 10.3. The van der Waals surface area contributed by atoms with Crippen LogP contribution >= 0.6 is 0 Å². The number of rotatable bonds is 2. The van der Waals surface area contributed by atoms with Gasteiger partial charge in [-0.25, -0.2) is 8.78 Å². The van der Waals surface area contributed by atoms with Crippen LogP contribution in [0.3, 0.4) is 0 Å². The molecule has 2 unspecified atom stereocenters. The fourth-order valence-electron chi connectivity index (χ4n) is 1.58. The minimum Gasteiger partial charge on any atom is -0.481 e. The highest BCUT2D eigenvalue weighted by atomic mass is 19.2. The number of aliphatic carboxylic acids is 1. The van der Waals surface area contributed by atoms with Crippen LogP contribution in [0.2, 0.25) is 0 Å². The van der Waals surface area contributed by atoms with Crippen molar-refractivity contribution in [1.82, 2.24) is 0 Å². The molecule has 1 aromatic carbocycles. The van der Waals surface area contributed by atoms with E-state index >= 15 is 0 Å². The van der Waals surface area contributed by atoms with Crippen LogP contribution < -0.4 is 0 Å². The molecular formula is C10H8F2O2. The largest absolute Gasteiger partial charge is 0.481 e. The van der Waals surface area contributed by atoms with Crippen molar-refractivity contribution in [3.63, 3.8) is 0 Å². The summed E-state index contributed by atoms with van der Waals surface area (Å²) in [7, 11) is 0. The minimum absolute atomic E-state index is 0.150. The molecule has 0 amide bonds. The fourth-order valence-corrected chi connectivity index (χ4v) is 1.58. The lowest BCUT2D eigenvalue weighted by atomic mass is 10.1. The third kappa shape index (κ3) is 1.47. The highest BCUT2D eigenvalue weighted by Crippen LogP contribution is 2.47. The second kappa shape index (κ2) is 3.04. The highest BCUT2D eigenvalue weighted by Gasteiger charge is 2.44. The molecule has 1 fully saturated rings. The van der Waals surface area contributed by atoms with Crippen LogP contribution in [0.4, 0.5) is 8.78 Å². The van der Waals surface area contributed by atoms with Crippen LogP contribution in [0.15, 0.2) is 18.2 Å². The molecule has 0 aliphatic heterocycles. The van der Waals surface area contributed by atoms with Crippen molar-refractivity contribution < 1.29 is 18.7 Å². The Hall–Kier alpha value is -1.45. The molecule has 2 atom stereocenters. The van der Waals surface area contributed by atoms with E-state index in [0.29, 0.717) is 12.0 Å². The smallest absolute Gasteiger partial charge is 0.307 e. The third-order valence-corrected chi connectivity index (χ3v) is 2.48. The molecule has 1 aliphatic carbocycles. The SMILES string of the molecule is O=C(O)C1CC1c1ccc(F)c(F)c1. The minimum atomic E-state index is -0.918. The van der Waals surface area contributed by atoms with Crippen molar-refractivity contribution in [1.29, 1.82) is 0 Å². The molecule has 2 rings (SSSR count). The summed E-state index contributed by atoms with van der Waals surface area (Å²) in [6.45, 7) is 0. The molecule has 0 heterocycles. The van der Waals surface area contributed by atoms with Gasteiger partial charge < -0.3 is 5.11 Å². The van der Waals surface area contributed by atoms with Crippen LogP contribution in [-0.4, -0.2) is 11.1 Å². The predicted molar refractivity (Wildman–Crippen MR) is 44.8 cm³/mol. The van der Waals surface area contributed by atoms with E-state index in [4.69, 9.17) is 5.11 Å². The third-order valence-electron chi connectivity index (χ3n) is 2.48. The summed E-state index contributed by atoms with van der Waals surface area (Å²) in [5.74, 6) is -3.28. The predicted octanol–water partition coefficient (Wildman–Crippen LogP) is 2.15. The summed E-state index contributed by atoms with van der Waals surface area (Å²) < 4.78 is 25.3. The number of hydrogen-bond acceptors (Lipinski definition) is 1. The van der Waals surface area contributed by atoms with E-state index in [2.05, 4.69) is 0 Å². The number of halogens is 2. The number of benzene rings is 1. The second-order valence-corrected chi connectivity index (χ2v) is 3.46. The summed E-state index contributed by atoms with van der Waals surface area (Å²) in [5, 5.41) is 8.64. The average molecular weight is 198 g/mol. The van der Waals surface area contributed by atoms with Crippen LogP contribution in [0.1, 0.15) is 17.9 Å². The zero-order valence-electron chi connectivity index (χ0n) is 7.21. The second-order valence-electron chi connectivity index (χ2n) is 3.46. The first kappa shape index (κ1) is 9.12. The molecule has 1 N–H and O–H groups in total. The van der Waals surface area contributed by atoms with Gasteiger partial charge in [-0.15, -0.1) is 0 Å². The maximum atomic E-state index is 12.8. The molecule has 0 aromatic heterocycles. The Morgan fingerprint density at radius 3 is 2.57 bits per heavy atom. The van der Waals surface area contributed by atoms with E-state index < -0.39 is 23.5 Å². The first-order valence-corrected chi connectivity index (χ1v) is 4.27. The first-order chi connectivity index (χ1) is 6.59. The number of carbonyl (C=O) groups is 1. The maximum Gasteiger partial charge on any atom is 0.307 e. The van der Waals surface area contributed by atoms with Gasteiger partial charge in [0.2, 0.25) is 0 Å². The molecule has 0 spiro atoms. The molecule has 0 saturated heterocycles. The van der Waals surface area contributed by atoms with E-state index in [0.717, 1.165) is 12.1 Å². The molecule has 1 aromatic rings. The van der Waals surface area contributed by atoms with Crippen molar-refractivity contribution in [3.8, 4) is 0 Å². The number of carboxylic acid groups (broad SMARTS) is 1.